The molecular formula is C7H15NO2. The molecule has 0 aromatic carbocycles. The summed E-state index contributed by atoms with van der Waals surface area (Å²) in [5.74, 6) is 0. The highest BCUT2D eigenvalue weighted by atomic mass is 16.3. The number of nitrogens with one attached hydrogen (secondary N) is 1. The van der Waals surface area contributed by atoms with Gasteiger partial charge in [0.05, 0.1) is 12.2 Å². The average molecular weight is 145 g/mol. The van der Waals surface area contributed by atoms with Crippen molar-refractivity contribution < 1.29 is 10.2 Å². The Hall–Kier alpha value is -0.120. The van der Waals surface area contributed by atoms with E-state index in [1.807, 2.05) is 0 Å². The summed E-state index contributed by atoms with van der Waals surface area (Å²) in [4.78, 5) is 0. The maximum Gasteiger partial charge on any atom is 0.0771 e. The zero-order chi connectivity index (χ0) is 7.45. The predicted molar refractivity (Wildman–Crippen MR) is 38.8 cm³/mol. The van der Waals surface area contributed by atoms with Crippen molar-refractivity contribution in [3.8, 4) is 0 Å². The predicted octanol–water partition coefficient (Wildman–Crippen LogP) is -0.517. The van der Waals surface area contributed by atoms with E-state index in [4.69, 9.17) is 5.11 Å². The van der Waals surface area contributed by atoms with Crippen molar-refractivity contribution >= 4 is 0 Å². The van der Waals surface area contributed by atoms with Gasteiger partial charge in [-0.25, -0.2) is 0 Å². The van der Waals surface area contributed by atoms with E-state index in [9.17, 15) is 5.11 Å². The van der Waals surface area contributed by atoms with Crippen LogP contribution in [0.1, 0.15) is 19.3 Å². The van der Waals surface area contributed by atoms with Crippen LogP contribution in [-0.4, -0.2) is 35.5 Å². The van der Waals surface area contributed by atoms with E-state index in [2.05, 4.69) is 5.32 Å². The van der Waals surface area contributed by atoms with Gasteiger partial charge in [-0.1, -0.05) is 0 Å². The fraction of sp³-hybridized carbons (Fsp3) is 1.00. The average Bonchev–Trinajstić information content (AvgIpc) is 1.85. The number of aliphatic hydroxyl groups is 2. The van der Waals surface area contributed by atoms with Crippen LogP contribution in [0.3, 0.4) is 0 Å². The SMILES string of the molecule is OCCNCC1(O)CCC1. The summed E-state index contributed by atoms with van der Waals surface area (Å²) in [5.41, 5.74) is -0.449. The Bertz CT molecular complexity index is 102. The van der Waals surface area contributed by atoms with Crippen molar-refractivity contribution in [2.75, 3.05) is 19.7 Å². The molecule has 0 amide bonds. The lowest BCUT2D eigenvalue weighted by Gasteiger charge is -2.36. The number of rotatable bonds is 4. The Morgan fingerprint density at radius 1 is 1.40 bits per heavy atom. The van der Waals surface area contributed by atoms with Crippen LogP contribution >= 0.6 is 0 Å². The van der Waals surface area contributed by atoms with Gasteiger partial charge in [-0.3, -0.25) is 0 Å². The highest BCUT2D eigenvalue weighted by Gasteiger charge is 2.33. The molecule has 0 bridgehead atoms. The maximum absolute atomic E-state index is 9.49. The number of aliphatic hydroxyl groups excluding tert-OH is 1. The van der Waals surface area contributed by atoms with Gasteiger partial charge in [0.1, 0.15) is 0 Å². The summed E-state index contributed by atoms with van der Waals surface area (Å²) in [6.07, 6.45) is 2.95. The first kappa shape index (κ1) is 7.98. The van der Waals surface area contributed by atoms with Crippen LogP contribution in [0.4, 0.5) is 0 Å². The van der Waals surface area contributed by atoms with Gasteiger partial charge in [0, 0.05) is 13.1 Å². The van der Waals surface area contributed by atoms with E-state index < -0.39 is 5.60 Å². The van der Waals surface area contributed by atoms with Gasteiger partial charge in [0.15, 0.2) is 0 Å². The Kier molecular flexibility index (Phi) is 2.65. The maximum atomic E-state index is 9.49. The first-order valence-corrected chi connectivity index (χ1v) is 3.81. The monoisotopic (exact) mass is 145 g/mol. The van der Waals surface area contributed by atoms with E-state index in [1.165, 1.54) is 0 Å². The quantitative estimate of drug-likeness (QED) is 0.467. The van der Waals surface area contributed by atoms with Gasteiger partial charge < -0.3 is 15.5 Å². The Labute approximate surface area is 61.1 Å². The molecule has 0 atom stereocenters. The van der Waals surface area contributed by atoms with Crippen LogP contribution in [0.5, 0.6) is 0 Å². The molecule has 0 aromatic rings. The minimum Gasteiger partial charge on any atom is -0.395 e. The first-order valence-electron chi connectivity index (χ1n) is 3.81. The van der Waals surface area contributed by atoms with Crippen LogP contribution in [0, 0.1) is 0 Å². The molecule has 10 heavy (non-hydrogen) atoms. The van der Waals surface area contributed by atoms with Gasteiger partial charge in [0.2, 0.25) is 0 Å². The summed E-state index contributed by atoms with van der Waals surface area (Å²) in [6, 6.07) is 0. The molecular weight excluding hydrogens is 130 g/mol. The van der Waals surface area contributed by atoms with Gasteiger partial charge >= 0.3 is 0 Å². The van der Waals surface area contributed by atoms with Crippen LogP contribution in [0.25, 0.3) is 0 Å². The van der Waals surface area contributed by atoms with E-state index in [1.54, 1.807) is 0 Å². The van der Waals surface area contributed by atoms with E-state index in [0.29, 0.717) is 13.1 Å². The Balaban J connectivity index is 2.01. The van der Waals surface area contributed by atoms with Crippen molar-refractivity contribution in [1.82, 2.24) is 5.32 Å². The zero-order valence-corrected chi connectivity index (χ0v) is 6.14. The van der Waals surface area contributed by atoms with Crippen LogP contribution < -0.4 is 5.32 Å². The molecule has 0 saturated heterocycles. The van der Waals surface area contributed by atoms with Crippen molar-refractivity contribution in [2.24, 2.45) is 0 Å². The lowest BCUT2D eigenvalue weighted by molar-refractivity contribution is -0.0315. The van der Waals surface area contributed by atoms with Gasteiger partial charge in [-0.05, 0) is 19.3 Å². The van der Waals surface area contributed by atoms with Crippen molar-refractivity contribution in [3.63, 3.8) is 0 Å². The molecule has 1 saturated carbocycles. The molecule has 3 heteroatoms. The molecule has 1 rings (SSSR count). The third-order valence-electron chi connectivity index (χ3n) is 2.03. The fourth-order valence-corrected chi connectivity index (χ4v) is 1.16. The molecule has 3 N–H and O–H groups in total. The molecule has 0 heterocycles. The number of hydrogen-bond acceptors (Lipinski definition) is 3. The topological polar surface area (TPSA) is 52.5 Å². The second-order valence-electron chi connectivity index (χ2n) is 2.98. The van der Waals surface area contributed by atoms with E-state index >= 15 is 0 Å². The third-order valence-corrected chi connectivity index (χ3v) is 2.03. The molecule has 60 valence electrons. The van der Waals surface area contributed by atoms with Crippen LogP contribution in [0.2, 0.25) is 0 Å². The number of hydrogen-bond donors (Lipinski definition) is 3. The normalized spacial score (nSPS) is 22.2. The molecule has 3 nitrogen and oxygen atoms in total. The second kappa shape index (κ2) is 3.32. The van der Waals surface area contributed by atoms with Crippen LogP contribution in [-0.2, 0) is 0 Å². The Morgan fingerprint density at radius 3 is 2.50 bits per heavy atom. The van der Waals surface area contributed by atoms with E-state index in [-0.39, 0.29) is 6.61 Å². The van der Waals surface area contributed by atoms with Gasteiger partial charge in [-0.2, -0.15) is 0 Å². The summed E-state index contributed by atoms with van der Waals surface area (Å²) in [5, 5.41) is 20.9. The summed E-state index contributed by atoms with van der Waals surface area (Å²) < 4.78 is 0. The third kappa shape index (κ3) is 1.94. The molecule has 0 aliphatic heterocycles. The lowest BCUT2D eigenvalue weighted by atomic mass is 9.80. The molecule has 0 unspecified atom stereocenters. The van der Waals surface area contributed by atoms with Gasteiger partial charge in [0.25, 0.3) is 0 Å². The standard InChI is InChI=1S/C7H15NO2/c9-5-4-8-6-7(10)2-1-3-7/h8-10H,1-6H2. The van der Waals surface area contributed by atoms with Gasteiger partial charge in [-0.15, -0.1) is 0 Å². The molecule has 1 fully saturated rings. The highest BCUT2D eigenvalue weighted by Crippen LogP contribution is 2.30. The molecule has 1 aliphatic rings. The second-order valence-corrected chi connectivity index (χ2v) is 2.98. The largest absolute Gasteiger partial charge is 0.395 e. The molecule has 0 aromatic heterocycles. The van der Waals surface area contributed by atoms with Crippen LogP contribution in [0.15, 0.2) is 0 Å². The lowest BCUT2D eigenvalue weighted by Crippen LogP contribution is -2.46. The highest BCUT2D eigenvalue weighted by molar-refractivity contribution is 4.89. The van der Waals surface area contributed by atoms with Crippen molar-refractivity contribution in [2.45, 2.75) is 24.9 Å². The zero-order valence-electron chi connectivity index (χ0n) is 6.14. The molecule has 1 aliphatic carbocycles. The fourth-order valence-electron chi connectivity index (χ4n) is 1.16. The smallest absolute Gasteiger partial charge is 0.0771 e. The van der Waals surface area contributed by atoms with Crippen molar-refractivity contribution in [1.29, 1.82) is 0 Å². The Morgan fingerprint density at radius 2 is 2.10 bits per heavy atom. The molecule has 0 radical (unpaired) electrons. The summed E-state index contributed by atoms with van der Waals surface area (Å²) in [6.45, 7) is 1.37. The minimum absolute atomic E-state index is 0.149. The summed E-state index contributed by atoms with van der Waals surface area (Å²) in [7, 11) is 0. The van der Waals surface area contributed by atoms with E-state index in [0.717, 1.165) is 19.3 Å². The summed E-state index contributed by atoms with van der Waals surface area (Å²) >= 11 is 0. The van der Waals surface area contributed by atoms with Crippen molar-refractivity contribution in [3.05, 3.63) is 0 Å². The first-order chi connectivity index (χ1) is 4.77. The minimum atomic E-state index is -0.449. The molecule has 0 spiro atoms.